The van der Waals surface area contributed by atoms with Gasteiger partial charge < -0.3 is 15.3 Å². The standard InChI is InChI=1S/C42H36O6S6/c1-2-3-26-18-20-49-39(26)30-11-13-32(51-30)41-28(9-16-37(45)46)22-34(53-41)24-4-6-25(7-5-24)35-23-29(10-17-38(47)48)42(54-35)33-14-12-31(52-33)40-27(19-21-50-40)8-15-36(43)44/h4-7,11-14,18-23H,2-3,8-10,15-17H2,1H3,(H,43,44)(H,45,46)(H,47,48). The Morgan fingerprint density at radius 3 is 1.20 bits per heavy atom. The van der Waals surface area contributed by atoms with Crippen LogP contribution < -0.4 is 0 Å². The fourth-order valence-electron chi connectivity index (χ4n) is 6.38. The van der Waals surface area contributed by atoms with E-state index in [1.807, 2.05) is 11.4 Å². The van der Waals surface area contributed by atoms with Crippen LogP contribution in [0.4, 0.5) is 0 Å². The molecule has 12 heteroatoms. The van der Waals surface area contributed by atoms with E-state index < -0.39 is 17.9 Å². The van der Waals surface area contributed by atoms with Gasteiger partial charge in [-0.15, -0.1) is 68.0 Å². The number of hydrogen-bond donors (Lipinski definition) is 3. The quantitative estimate of drug-likeness (QED) is 0.0843. The van der Waals surface area contributed by atoms with Crippen LogP contribution in [0.25, 0.3) is 59.9 Å². The molecule has 0 saturated heterocycles. The highest BCUT2D eigenvalue weighted by molar-refractivity contribution is 7.28. The summed E-state index contributed by atoms with van der Waals surface area (Å²) >= 11 is 10.2. The number of aryl methyl sites for hydroxylation is 4. The zero-order chi connectivity index (χ0) is 37.8. The van der Waals surface area contributed by atoms with Crippen LogP contribution in [0.5, 0.6) is 0 Å². The molecule has 0 aliphatic heterocycles. The third kappa shape index (κ3) is 8.70. The van der Waals surface area contributed by atoms with Gasteiger partial charge in [0.15, 0.2) is 0 Å². The Bertz CT molecular complexity index is 2410. The van der Waals surface area contributed by atoms with Gasteiger partial charge in [0.1, 0.15) is 0 Å². The first-order valence-corrected chi connectivity index (χ1v) is 22.5. The van der Waals surface area contributed by atoms with E-state index in [9.17, 15) is 29.7 Å². The smallest absolute Gasteiger partial charge is 0.303 e. The van der Waals surface area contributed by atoms with Gasteiger partial charge in [-0.05, 0) is 118 Å². The first-order valence-electron chi connectivity index (χ1n) is 17.5. The molecule has 7 aromatic rings. The maximum atomic E-state index is 11.6. The van der Waals surface area contributed by atoms with Crippen LogP contribution in [-0.4, -0.2) is 33.2 Å². The van der Waals surface area contributed by atoms with Crippen LogP contribution in [-0.2, 0) is 40.1 Å². The summed E-state index contributed by atoms with van der Waals surface area (Å²) in [5, 5.41) is 32.4. The van der Waals surface area contributed by atoms with Crippen molar-refractivity contribution in [3.05, 3.63) is 106 Å². The largest absolute Gasteiger partial charge is 0.481 e. The van der Waals surface area contributed by atoms with Crippen molar-refractivity contribution in [2.75, 3.05) is 0 Å². The van der Waals surface area contributed by atoms with E-state index in [4.69, 9.17) is 0 Å². The molecule has 6 heterocycles. The Labute approximate surface area is 337 Å². The lowest BCUT2D eigenvalue weighted by molar-refractivity contribution is -0.138. The summed E-state index contributed by atoms with van der Waals surface area (Å²) in [5.74, 6) is -2.46. The minimum atomic E-state index is -0.837. The lowest BCUT2D eigenvalue weighted by Crippen LogP contribution is -1.97. The SMILES string of the molecule is CCCc1ccsc1-c1ccc(-c2sc(-c3ccc(-c4cc(CCC(=O)O)c(-c5ccc(-c6sccc6CCC(=O)O)s5)s4)cc3)cc2CCC(=O)O)s1. The zero-order valence-corrected chi connectivity index (χ0v) is 34.2. The maximum absolute atomic E-state index is 11.6. The molecule has 0 aliphatic carbocycles. The Morgan fingerprint density at radius 2 is 0.815 bits per heavy atom. The lowest BCUT2D eigenvalue weighted by atomic mass is 10.0. The third-order valence-electron chi connectivity index (χ3n) is 9.02. The summed E-state index contributed by atoms with van der Waals surface area (Å²) in [6.45, 7) is 2.20. The van der Waals surface area contributed by atoms with Gasteiger partial charge in [0, 0.05) is 68.0 Å². The normalized spacial score (nSPS) is 11.4. The Balaban J connectivity index is 1.17. The Hall–Kier alpha value is -4.17. The molecule has 0 fully saturated rings. The summed E-state index contributed by atoms with van der Waals surface area (Å²) < 4.78 is 0. The summed E-state index contributed by atoms with van der Waals surface area (Å²) in [5.41, 5.74) is 6.56. The molecule has 3 N–H and O–H groups in total. The molecule has 0 spiro atoms. The second-order valence-corrected chi connectivity index (χ2v) is 18.9. The average Bonchev–Trinajstić information content (AvgIpc) is 3.99. The van der Waals surface area contributed by atoms with Gasteiger partial charge in [-0.25, -0.2) is 0 Å². The monoisotopic (exact) mass is 828 g/mol. The van der Waals surface area contributed by atoms with Gasteiger partial charge >= 0.3 is 17.9 Å². The first kappa shape index (κ1) is 38.1. The highest BCUT2D eigenvalue weighted by atomic mass is 32.1. The Kier molecular flexibility index (Phi) is 12.1. The molecular formula is C42H36O6S6. The second kappa shape index (κ2) is 17.1. The first-order chi connectivity index (χ1) is 26.2. The van der Waals surface area contributed by atoms with E-state index >= 15 is 0 Å². The number of carboxylic acids is 3. The van der Waals surface area contributed by atoms with Gasteiger partial charge in [0.05, 0.1) is 0 Å². The van der Waals surface area contributed by atoms with Crippen molar-refractivity contribution in [3.63, 3.8) is 0 Å². The predicted molar refractivity (Wildman–Crippen MR) is 228 cm³/mol. The highest BCUT2D eigenvalue weighted by Crippen LogP contribution is 2.47. The summed E-state index contributed by atoms with van der Waals surface area (Å²) in [6, 6.07) is 25.4. The molecular weight excluding hydrogens is 793 g/mol. The Morgan fingerprint density at radius 1 is 0.444 bits per heavy atom. The van der Waals surface area contributed by atoms with E-state index in [0.717, 1.165) is 79.7 Å². The third-order valence-corrected chi connectivity index (χ3v) is 16.3. The molecule has 0 saturated carbocycles. The topological polar surface area (TPSA) is 112 Å². The molecule has 0 unspecified atom stereocenters. The minimum Gasteiger partial charge on any atom is -0.481 e. The second-order valence-electron chi connectivity index (χ2n) is 12.8. The number of carboxylic acid groups (broad SMARTS) is 3. The van der Waals surface area contributed by atoms with Crippen LogP contribution in [0, 0.1) is 0 Å². The van der Waals surface area contributed by atoms with Crippen molar-refractivity contribution in [3.8, 4) is 59.9 Å². The van der Waals surface area contributed by atoms with Crippen LogP contribution in [0.1, 0.15) is 54.9 Å². The fourth-order valence-corrected chi connectivity index (χ4v) is 13.4. The number of benzene rings is 1. The minimum absolute atomic E-state index is 0.0362. The van der Waals surface area contributed by atoms with Crippen molar-refractivity contribution < 1.29 is 29.7 Å². The lowest BCUT2D eigenvalue weighted by Gasteiger charge is -2.01. The van der Waals surface area contributed by atoms with Crippen molar-refractivity contribution in [2.24, 2.45) is 0 Å². The van der Waals surface area contributed by atoms with E-state index in [1.165, 1.54) is 15.3 Å². The van der Waals surface area contributed by atoms with Crippen LogP contribution in [0.2, 0.25) is 0 Å². The van der Waals surface area contributed by atoms with Crippen molar-refractivity contribution in [1.29, 1.82) is 0 Å². The van der Waals surface area contributed by atoms with Crippen LogP contribution in [0.3, 0.4) is 0 Å². The van der Waals surface area contributed by atoms with Gasteiger partial charge in [-0.1, -0.05) is 37.6 Å². The molecule has 6 aromatic heterocycles. The molecule has 0 amide bonds. The van der Waals surface area contributed by atoms with E-state index in [2.05, 4.69) is 79.0 Å². The number of rotatable bonds is 17. The molecule has 276 valence electrons. The average molecular weight is 829 g/mol. The molecule has 1 aromatic carbocycles. The zero-order valence-electron chi connectivity index (χ0n) is 29.3. The van der Waals surface area contributed by atoms with E-state index in [0.29, 0.717) is 19.3 Å². The molecule has 0 aliphatic rings. The molecule has 0 atom stereocenters. The van der Waals surface area contributed by atoms with Crippen molar-refractivity contribution in [2.45, 2.75) is 58.3 Å². The number of carbonyl (C=O) groups is 3. The fraction of sp³-hybridized carbons (Fsp3) is 0.214. The number of aliphatic carboxylic acids is 3. The van der Waals surface area contributed by atoms with Gasteiger partial charge in [-0.3, -0.25) is 14.4 Å². The maximum Gasteiger partial charge on any atom is 0.303 e. The van der Waals surface area contributed by atoms with Gasteiger partial charge in [-0.2, -0.15) is 0 Å². The molecule has 54 heavy (non-hydrogen) atoms. The molecule has 0 radical (unpaired) electrons. The van der Waals surface area contributed by atoms with Crippen molar-refractivity contribution >= 4 is 85.9 Å². The summed E-state index contributed by atoms with van der Waals surface area (Å²) in [7, 11) is 0. The van der Waals surface area contributed by atoms with Gasteiger partial charge in [0.2, 0.25) is 0 Å². The van der Waals surface area contributed by atoms with Crippen LogP contribution in [0.15, 0.2) is 83.6 Å². The van der Waals surface area contributed by atoms with Crippen LogP contribution >= 0.6 is 68.0 Å². The predicted octanol–water partition coefficient (Wildman–Crippen LogP) is 13.1. The summed E-state index contributed by atoms with van der Waals surface area (Å²) in [4.78, 5) is 45.7. The molecule has 7 rings (SSSR count). The summed E-state index contributed by atoms with van der Waals surface area (Å²) in [6.07, 6.45) is 3.70. The van der Waals surface area contributed by atoms with E-state index in [-0.39, 0.29) is 19.3 Å². The van der Waals surface area contributed by atoms with E-state index in [1.54, 1.807) is 68.0 Å². The van der Waals surface area contributed by atoms with Crippen molar-refractivity contribution in [1.82, 2.24) is 0 Å². The molecule has 6 nitrogen and oxygen atoms in total. The highest BCUT2D eigenvalue weighted by Gasteiger charge is 2.20. The van der Waals surface area contributed by atoms with Gasteiger partial charge in [0.25, 0.3) is 0 Å². The molecule has 0 bridgehead atoms. The number of hydrogen-bond acceptors (Lipinski definition) is 9. The number of thiophene rings is 6.